The first-order valence-electron chi connectivity index (χ1n) is 8.71. The first-order chi connectivity index (χ1) is 12.1. The minimum Gasteiger partial charge on any atom is -0.455 e. The average Bonchev–Trinajstić information content (AvgIpc) is 2.56. The molecule has 0 radical (unpaired) electrons. The van der Waals surface area contributed by atoms with Crippen molar-refractivity contribution < 1.29 is 19.2 Å². The van der Waals surface area contributed by atoms with Crippen molar-refractivity contribution >= 4 is 11.6 Å². The largest absolute Gasteiger partial charge is 0.455 e. The minimum absolute atomic E-state index is 0.0135. The molecule has 2 aromatic carbocycles. The maximum atomic E-state index is 12.5. The van der Waals surface area contributed by atoms with Gasteiger partial charge in [0.1, 0.15) is 31.0 Å². The summed E-state index contributed by atoms with van der Waals surface area (Å²) in [5, 5.41) is 2.98. The summed E-state index contributed by atoms with van der Waals surface area (Å²) in [6, 6.07) is 17.0. The highest BCUT2D eigenvalue weighted by Crippen LogP contribution is 2.28. The Hall–Kier alpha value is -2.37. The van der Waals surface area contributed by atoms with Crippen LogP contribution in [0.25, 0.3) is 0 Å². The Bertz CT molecular complexity index is 695. The van der Waals surface area contributed by atoms with Crippen molar-refractivity contribution in [1.82, 2.24) is 0 Å². The minimum atomic E-state index is -0.0135. The summed E-state index contributed by atoms with van der Waals surface area (Å²) >= 11 is 0. The number of para-hydroxylation sites is 3. The molecule has 1 aliphatic heterocycles. The number of rotatable bonds is 5. The Morgan fingerprint density at radius 1 is 1.08 bits per heavy atom. The van der Waals surface area contributed by atoms with Crippen LogP contribution in [-0.4, -0.2) is 37.7 Å². The smallest absolute Gasteiger partial charge is 0.279 e. The van der Waals surface area contributed by atoms with Crippen LogP contribution < -0.4 is 15.0 Å². The molecule has 1 amide bonds. The number of hydrogen-bond donors (Lipinski definition) is 2. The molecule has 25 heavy (non-hydrogen) atoms. The predicted octanol–water partition coefficient (Wildman–Crippen LogP) is 2.11. The molecule has 0 aromatic heterocycles. The number of hydrogen-bond acceptors (Lipinski definition) is 3. The van der Waals surface area contributed by atoms with Gasteiger partial charge >= 0.3 is 0 Å². The zero-order chi connectivity index (χ0) is 17.6. The van der Waals surface area contributed by atoms with Crippen LogP contribution >= 0.6 is 0 Å². The van der Waals surface area contributed by atoms with E-state index < -0.39 is 0 Å². The van der Waals surface area contributed by atoms with Gasteiger partial charge in [0.2, 0.25) is 0 Å². The van der Waals surface area contributed by atoms with E-state index in [1.54, 1.807) is 0 Å². The number of amides is 1. The lowest BCUT2D eigenvalue weighted by Crippen LogP contribution is -3.16. The van der Waals surface area contributed by atoms with Crippen molar-refractivity contribution in [1.29, 1.82) is 0 Å². The number of ether oxygens (including phenoxy) is 2. The number of anilines is 1. The van der Waals surface area contributed by atoms with Crippen LogP contribution in [0.2, 0.25) is 0 Å². The number of carbonyl (C=O) groups excluding carboxylic acids is 1. The molecule has 0 bridgehead atoms. The van der Waals surface area contributed by atoms with E-state index in [1.165, 1.54) is 4.90 Å². The van der Waals surface area contributed by atoms with Gasteiger partial charge in [-0.15, -0.1) is 0 Å². The molecule has 132 valence electrons. The topological polar surface area (TPSA) is 52.0 Å². The summed E-state index contributed by atoms with van der Waals surface area (Å²) in [6.07, 6.45) is 0.362. The Balaban J connectivity index is 1.63. The van der Waals surface area contributed by atoms with Crippen molar-refractivity contribution in [2.24, 2.45) is 0 Å². The monoisotopic (exact) mass is 341 g/mol. The first-order valence-corrected chi connectivity index (χ1v) is 8.71. The fourth-order valence-corrected chi connectivity index (χ4v) is 3.23. The molecule has 0 saturated carbocycles. The van der Waals surface area contributed by atoms with Gasteiger partial charge in [-0.2, -0.15) is 0 Å². The van der Waals surface area contributed by atoms with E-state index >= 15 is 0 Å². The Morgan fingerprint density at radius 2 is 1.72 bits per heavy atom. The highest BCUT2D eigenvalue weighted by atomic mass is 16.5. The molecule has 3 rings (SSSR count). The first kappa shape index (κ1) is 17.5. The predicted molar refractivity (Wildman–Crippen MR) is 97.2 cm³/mol. The maximum absolute atomic E-state index is 12.5. The van der Waals surface area contributed by atoms with E-state index in [4.69, 9.17) is 9.47 Å². The molecule has 5 nitrogen and oxygen atoms in total. The third-order valence-corrected chi connectivity index (χ3v) is 4.16. The molecule has 2 aromatic rings. The number of quaternary nitrogens is 1. The average molecular weight is 341 g/mol. The molecule has 5 heteroatoms. The molecule has 1 heterocycles. The van der Waals surface area contributed by atoms with Crippen LogP contribution in [-0.2, 0) is 9.53 Å². The molecule has 0 spiro atoms. The standard InChI is InChI=1S/C20H24N2O3/c1-15-12-22(13-16(2)24-15)14-20(23)21-18-10-6-7-11-19(18)25-17-8-4-3-5-9-17/h3-11,15-16H,12-14H2,1-2H3,(H,21,23)/p+1/t15-,16+. The van der Waals surface area contributed by atoms with Crippen molar-refractivity contribution in [3.05, 3.63) is 54.6 Å². The maximum Gasteiger partial charge on any atom is 0.279 e. The van der Waals surface area contributed by atoms with Crippen LogP contribution in [0.1, 0.15) is 13.8 Å². The van der Waals surface area contributed by atoms with E-state index in [0.717, 1.165) is 18.8 Å². The second-order valence-electron chi connectivity index (χ2n) is 6.55. The van der Waals surface area contributed by atoms with Gasteiger partial charge < -0.3 is 19.7 Å². The SMILES string of the molecule is C[C@@H]1C[NH+](CC(=O)Nc2ccccc2Oc2ccccc2)C[C@H](C)O1. The quantitative estimate of drug-likeness (QED) is 0.876. The highest BCUT2D eigenvalue weighted by molar-refractivity contribution is 5.93. The zero-order valence-corrected chi connectivity index (χ0v) is 14.7. The zero-order valence-electron chi connectivity index (χ0n) is 14.7. The van der Waals surface area contributed by atoms with E-state index in [9.17, 15) is 4.79 Å². The lowest BCUT2D eigenvalue weighted by atomic mass is 10.2. The number of benzene rings is 2. The van der Waals surface area contributed by atoms with Gasteiger partial charge in [-0.05, 0) is 38.1 Å². The molecule has 1 aliphatic rings. The van der Waals surface area contributed by atoms with Crippen LogP contribution in [0.15, 0.2) is 54.6 Å². The summed E-state index contributed by atoms with van der Waals surface area (Å²) in [5.74, 6) is 1.37. The summed E-state index contributed by atoms with van der Waals surface area (Å²) in [7, 11) is 0. The Kier molecular flexibility index (Phi) is 5.68. The summed E-state index contributed by atoms with van der Waals surface area (Å²) in [5.41, 5.74) is 0.685. The summed E-state index contributed by atoms with van der Waals surface area (Å²) in [4.78, 5) is 13.7. The normalized spacial score (nSPS) is 23.0. The van der Waals surface area contributed by atoms with Crippen molar-refractivity contribution in [2.75, 3.05) is 25.0 Å². The van der Waals surface area contributed by atoms with Gasteiger partial charge in [0, 0.05) is 0 Å². The summed E-state index contributed by atoms with van der Waals surface area (Å²) < 4.78 is 11.6. The second-order valence-corrected chi connectivity index (χ2v) is 6.55. The molecule has 0 aliphatic carbocycles. The summed E-state index contributed by atoms with van der Waals surface area (Å²) in [6.45, 7) is 6.23. The van der Waals surface area contributed by atoms with Crippen molar-refractivity contribution in [2.45, 2.75) is 26.1 Å². The second kappa shape index (κ2) is 8.14. The van der Waals surface area contributed by atoms with E-state index in [0.29, 0.717) is 18.0 Å². The Morgan fingerprint density at radius 3 is 2.44 bits per heavy atom. The lowest BCUT2D eigenvalue weighted by Gasteiger charge is -2.31. The van der Waals surface area contributed by atoms with Gasteiger partial charge in [0.25, 0.3) is 5.91 Å². The molecule has 1 fully saturated rings. The van der Waals surface area contributed by atoms with E-state index in [1.807, 2.05) is 54.6 Å². The van der Waals surface area contributed by atoms with Crippen molar-refractivity contribution in [3.8, 4) is 11.5 Å². The molecular formula is C20H25N2O3+. The van der Waals surface area contributed by atoms with Crippen LogP contribution in [0.3, 0.4) is 0 Å². The molecule has 1 saturated heterocycles. The van der Waals surface area contributed by atoms with Gasteiger partial charge in [0.05, 0.1) is 5.69 Å². The molecule has 1 unspecified atom stereocenters. The van der Waals surface area contributed by atoms with Gasteiger partial charge in [-0.1, -0.05) is 30.3 Å². The molecule has 3 atom stereocenters. The van der Waals surface area contributed by atoms with Crippen molar-refractivity contribution in [3.63, 3.8) is 0 Å². The number of nitrogens with one attached hydrogen (secondary N) is 2. The fraction of sp³-hybridized carbons (Fsp3) is 0.350. The molecule has 2 N–H and O–H groups in total. The number of morpholine rings is 1. The van der Waals surface area contributed by atoms with Crippen LogP contribution in [0.4, 0.5) is 5.69 Å². The third kappa shape index (κ3) is 5.05. The van der Waals surface area contributed by atoms with Crippen LogP contribution in [0, 0.1) is 0 Å². The fourth-order valence-electron chi connectivity index (χ4n) is 3.23. The van der Waals surface area contributed by atoms with E-state index in [-0.39, 0.29) is 18.1 Å². The van der Waals surface area contributed by atoms with E-state index in [2.05, 4.69) is 19.2 Å². The number of carbonyl (C=O) groups is 1. The van der Waals surface area contributed by atoms with Crippen LogP contribution in [0.5, 0.6) is 11.5 Å². The lowest BCUT2D eigenvalue weighted by molar-refractivity contribution is -0.907. The van der Waals surface area contributed by atoms with Gasteiger partial charge in [-0.25, -0.2) is 0 Å². The third-order valence-electron chi connectivity index (χ3n) is 4.16. The van der Waals surface area contributed by atoms with Gasteiger partial charge in [0.15, 0.2) is 12.3 Å². The Labute approximate surface area is 148 Å². The highest BCUT2D eigenvalue weighted by Gasteiger charge is 2.27. The van der Waals surface area contributed by atoms with Gasteiger partial charge in [-0.3, -0.25) is 4.79 Å². The molecular weight excluding hydrogens is 316 g/mol.